The molecule has 0 bridgehead atoms. The fourth-order valence-corrected chi connectivity index (χ4v) is 4.04. The van der Waals surface area contributed by atoms with Gasteiger partial charge in [0.1, 0.15) is 22.9 Å². The Morgan fingerprint density at radius 3 is 2.50 bits per heavy atom. The molecule has 0 unspecified atom stereocenters. The maximum atomic E-state index is 12.5. The highest BCUT2D eigenvalue weighted by Gasteiger charge is 2.19. The van der Waals surface area contributed by atoms with Crippen LogP contribution in [0.4, 0.5) is 23.0 Å². The van der Waals surface area contributed by atoms with Gasteiger partial charge in [-0.15, -0.1) is 0 Å². The lowest BCUT2D eigenvalue weighted by Gasteiger charge is -2.11. The number of aromatic nitrogens is 2. The van der Waals surface area contributed by atoms with E-state index in [1.165, 1.54) is 0 Å². The molecule has 1 aromatic heterocycles. The number of nitrogens with one attached hydrogen (secondary N) is 4. The van der Waals surface area contributed by atoms with Crippen LogP contribution in [-0.4, -0.2) is 34.2 Å². The minimum absolute atomic E-state index is 0.187. The normalized spacial score (nSPS) is 10.6. The number of phenols is 1. The number of nitrogens with zero attached hydrogens (tertiary/aromatic N) is 1. The third-order valence-electron chi connectivity index (χ3n) is 6.04. The number of phenolic OH excluding ortho intramolecular Hbond substituents is 1. The van der Waals surface area contributed by atoms with Crippen LogP contribution in [0.5, 0.6) is 11.5 Å². The van der Waals surface area contributed by atoms with Crippen LogP contribution in [0.1, 0.15) is 44.3 Å². The number of hydrogen-bond donors (Lipinski definition) is 6. The molecular weight excluding hydrogens is 484 g/mol. The molecule has 0 aliphatic carbocycles. The number of nitrogens with two attached hydrogens (primary N) is 1. The number of carbonyl (C=O) groups excluding carboxylic acids is 2. The van der Waals surface area contributed by atoms with Crippen molar-refractivity contribution in [2.75, 3.05) is 23.1 Å². The quantitative estimate of drug-likeness (QED) is 0.179. The van der Waals surface area contributed by atoms with E-state index in [0.717, 1.165) is 16.7 Å². The summed E-state index contributed by atoms with van der Waals surface area (Å²) in [6, 6.07) is 17.7. The van der Waals surface area contributed by atoms with E-state index in [9.17, 15) is 14.7 Å². The lowest BCUT2D eigenvalue weighted by Crippen LogP contribution is -2.15. The van der Waals surface area contributed by atoms with Crippen LogP contribution in [0.2, 0.25) is 0 Å². The predicted octanol–water partition coefficient (Wildman–Crippen LogP) is 4.70. The van der Waals surface area contributed by atoms with Crippen LogP contribution in [0.15, 0.2) is 60.7 Å². The molecule has 4 aromatic rings. The van der Waals surface area contributed by atoms with Crippen molar-refractivity contribution in [1.82, 2.24) is 10.2 Å². The van der Waals surface area contributed by atoms with Crippen molar-refractivity contribution in [2.24, 2.45) is 5.73 Å². The van der Waals surface area contributed by atoms with Gasteiger partial charge < -0.3 is 31.5 Å². The Kier molecular flexibility index (Phi) is 7.81. The molecule has 4 rings (SSSR count). The Bertz CT molecular complexity index is 1460. The average molecular weight is 515 g/mol. The third-order valence-corrected chi connectivity index (χ3v) is 6.04. The second kappa shape index (κ2) is 11.4. The zero-order valence-electron chi connectivity index (χ0n) is 21.4. The lowest BCUT2D eigenvalue weighted by molar-refractivity contribution is 0.0999. The molecule has 1 heterocycles. The maximum Gasteiger partial charge on any atom is 0.256 e. The summed E-state index contributed by atoms with van der Waals surface area (Å²) in [4.78, 5) is 24.8. The van der Waals surface area contributed by atoms with Crippen LogP contribution in [0.25, 0.3) is 0 Å². The molecule has 10 nitrogen and oxygen atoms in total. The third kappa shape index (κ3) is 5.86. The van der Waals surface area contributed by atoms with Crippen LogP contribution >= 0.6 is 0 Å². The number of aryl methyl sites for hydroxylation is 2. The number of aromatic amines is 1. The van der Waals surface area contributed by atoms with Crippen LogP contribution < -0.4 is 26.4 Å². The number of rotatable bonds is 10. The van der Waals surface area contributed by atoms with E-state index in [0.29, 0.717) is 53.0 Å². The molecule has 196 valence electrons. The summed E-state index contributed by atoms with van der Waals surface area (Å²) in [7, 11) is 1.55. The monoisotopic (exact) mass is 514 g/mol. The van der Waals surface area contributed by atoms with Crippen molar-refractivity contribution in [3.8, 4) is 11.5 Å². The molecule has 0 saturated carbocycles. The SMILES string of the molecule is CCc1cc(CNc2n[nH]c(Nc3ccc(NC(=O)c4cccc(OC)c4)cc3)c2C(N)=O)cc(C)c1O. The van der Waals surface area contributed by atoms with Gasteiger partial charge in [0, 0.05) is 23.5 Å². The summed E-state index contributed by atoms with van der Waals surface area (Å²) in [5.41, 5.74) is 10.1. The number of hydrogen-bond acceptors (Lipinski definition) is 7. The van der Waals surface area contributed by atoms with Crippen molar-refractivity contribution in [3.05, 3.63) is 88.5 Å². The minimum Gasteiger partial charge on any atom is -0.507 e. The summed E-state index contributed by atoms with van der Waals surface area (Å²) in [5.74, 6) is 0.628. The van der Waals surface area contributed by atoms with Crippen molar-refractivity contribution >= 4 is 34.8 Å². The predicted molar refractivity (Wildman–Crippen MR) is 147 cm³/mol. The molecular formula is C28H30N6O4. The number of aromatic hydroxyl groups is 1. The molecule has 0 saturated heterocycles. The number of benzene rings is 3. The fraction of sp³-hybridized carbons (Fsp3) is 0.179. The van der Waals surface area contributed by atoms with Crippen molar-refractivity contribution in [2.45, 2.75) is 26.8 Å². The summed E-state index contributed by atoms with van der Waals surface area (Å²) in [5, 5.41) is 26.3. The van der Waals surface area contributed by atoms with Gasteiger partial charge in [-0.1, -0.05) is 25.1 Å². The van der Waals surface area contributed by atoms with E-state index in [-0.39, 0.29) is 11.5 Å². The van der Waals surface area contributed by atoms with Crippen molar-refractivity contribution in [3.63, 3.8) is 0 Å². The van der Waals surface area contributed by atoms with Crippen LogP contribution in [-0.2, 0) is 13.0 Å². The Balaban J connectivity index is 1.44. The summed E-state index contributed by atoms with van der Waals surface area (Å²) >= 11 is 0. The van der Waals surface area contributed by atoms with E-state index in [2.05, 4.69) is 26.1 Å². The number of anilines is 4. The van der Waals surface area contributed by atoms with E-state index in [4.69, 9.17) is 10.5 Å². The molecule has 0 aliphatic rings. The number of primary amides is 1. The highest BCUT2D eigenvalue weighted by molar-refractivity contribution is 6.05. The van der Waals surface area contributed by atoms with Gasteiger partial charge >= 0.3 is 0 Å². The number of methoxy groups -OCH3 is 1. The zero-order valence-corrected chi connectivity index (χ0v) is 21.4. The number of carbonyl (C=O) groups is 2. The summed E-state index contributed by atoms with van der Waals surface area (Å²) < 4.78 is 5.17. The summed E-state index contributed by atoms with van der Waals surface area (Å²) in [6.07, 6.45) is 0.701. The largest absolute Gasteiger partial charge is 0.507 e. The molecule has 7 N–H and O–H groups in total. The van der Waals surface area contributed by atoms with Gasteiger partial charge in [0.15, 0.2) is 5.82 Å². The van der Waals surface area contributed by atoms with Gasteiger partial charge in [-0.3, -0.25) is 14.7 Å². The van der Waals surface area contributed by atoms with Crippen LogP contribution in [0.3, 0.4) is 0 Å². The number of ether oxygens (including phenoxy) is 1. The van der Waals surface area contributed by atoms with Gasteiger partial charge in [0.2, 0.25) is 0 Å². The topological polar surface area (TPSA) is 154 Å². The van der Waals surface area contributed by atoms with E-state index >= 15 is 0 Å². The molecule has 0 aliphatic heterocycles. The van der Waals surface area contributed by atoms with Gasteiger partial charge in [0.25, 0.3) is 11.8 Å². The van der Waals surface area contributed by atoms with Crippen molar-refractivity contribution in [1.29, 1.82) is 0 Å². The molecule has 0 spiro atoms. The smallest absolute Gasteiger partial charge is 0.256 e. The Labute approximate surface area is 220 Å². The van der Waals surface area contributed by atoms with Crippen molar-refractivity contribution < 1.29 is 19.4 Å². The molecule has 2 amide bonds. The fourth-order valence-electron chi connectivity index (χ4n) is 4.04. The Morgan fingerprint density at radius 1 is 1.08 bits per heavy atom. The van der Waals surface area contributed by atoms with Gasteiger partial charge in [-0.2, -0.15) is 5.10 Å². The zero-order chi connectivity index (χ0) is 27.2. The molecule has 0 radical (unpaired) electrons. The average Bonchev–Trinajstić information content (AvgIpc) is 3.32. The van der Waals surface area contributed by atoms with E-state index in [1.807, 2.05) is 26.0 Å². The highest BCUT2D eigenvalue weighted by atomic mass is 16.5. The maximum absolute atomic E-state index is 12.5. The Morgan fingerprint density at radius 2 is 1.82 bits per heavy atom. The number of H-pyrrole nitrogens is 1. The molecule has 0 atom stereocenters. The first-order valence-electron chi connectivity index (χ1n) is 12.0. The number of amides is 2. The first-order valence-corrected chi connectivity index (χ1v) is 12.0. The van der Waals surface area contributed by atoms with Gasteiger partial charge in [-0.05, 0) is 72.5 Å². The van der Waals surface area contributed by atoms with Gasteiger partial charge in [-0.25, -0.2) is 0 Å². The Hall–Kier alpha value is -4.99. The first kappa shape index (κ1) is 26.1. The second-order valence-corrected chi connectivity index (χ2v) is 8.70. The van der Waals surface area contributed by atoms with Gasteiger partial charge in [0.05, 0.1) is 7.11 Å². The molecule has 0 fully saturated rings. The van der Waals surface area contributed by atoms with E-state index in [1.54, 1.807) is 55.6 Å². The first-order chi connectivity index (χ1) is 18.3. The van der Waals surface area contributed by atoms with E-state index < -0.39 is 5.91 Å². The molecule has 10 heteroatoms. The lowest BCUT2D eigenvalue weighted by atomic mass is 10.0. The molecule has 3 aromatic carbocycles. The second-order valence-electron chi connectivity index (χ2n) is 8.70. The van der Waals surface area contributed by atoms with Crippen LogP contribution in [0, 0.1) is 6.92 Å². The molecule has 38 heavy (non-hydrogen) atoms. The minimum atomic E-state index is -0.651. The standard InChI is InChI=1S/C28H30N6O4/c1-4-18-13-17(12-16(2)24(18)35)15-30-26-23(25(29)36)27(34-33-26)31-20-8-10-21(11-9-20)32-28(37)19-6-5-7-22(14-19)38-3/h5-14,35H,4,15H2,1-3H3,(H2,29,36)(H,32,37)(H3,30,31,33,34). The summed E-state index contributed by atoms with van der Waals surface area (Å²) in [6.45, 7) is 4.21. The highest BCUT2D eigenvalue weighted by Crippen LogP contribution is 2.28.